The summed E-state index contributed by atoms with van der Waals surface area (Å²) in [6, 6.07) is 4.02. The monoisotopic (exact) mass is 328 g/mol. The third kappa shape index (κ3) is 4.89. The number of nitrogens with zero attached hydrogens (tertiary/aromatic N) is 2. The smallest absolute Gasteiger partial charge is 0.187 e. The highest BCUT2D eigenvalue weighted by molar-refractivity contribution is 9.10. The fourth-order valence-electron chi connectivity index (χ4n) is 1.73. The summed E-state index contributed by atoms with van der Waals surface area (Å²) in [4.78, 5) is 15.0. The molecule has 0 bridgehead atoms. The molecule has 0 aliphatic carbocycles. The normalized spacial score (nSPS) is 10.9. The van der Waals surface area contributed by atoms with E-state index in [1.54, 1.807) is 0 Å². The molecule has 0 aliphatic rings. The first-order valence-corrected chi connectivity index (χ1v) is 7.57. The molecular weight excluding hydrogens is 312 g/mol. The maximum Gasteiger partial charge on any atom is 0.187 e. The predicted octanol–water partition coefficient (Wildman–Crippen LogP) is 3.56. The number of rotatable bonds is 7. The molecule has 0 N–H and O–H groups in total. The van der Waals surface area contributed by atoms with E-state index < -0.39 is 0 Å². The average molecular weight is 329 g/mol. The van der Waals surface area contributed by atoms with Crippen LogP contribution < -0.4 is 0 Å². The fraction of sp³-hybridized carbons (Fsp3) is 0.538. The molecule has 0 aliphatic heterocycles. The van der Waals surface area contributed by atoms with Gasteiger partial charge in [-0.15, -0.1) is 11.3 Å². The van der Waals surface area contributed by atoms with E-state index in [-0.39, 0.29) is 5.78 Å². The average Bonchev–Trinajstić information content (AvgIpc) is 2.71. The lowest BCUT2D eigenvalue weighted by Gasteiger charge is -2.22. The second-order valence-corrected chi connectivity index (χ2v) is 6.33. The van der Waals surface area contributed by atoms with Gasteiger partial charge >= 0.3 is 0 Å². The van der Waals surface area contributed by atoms with Crippen LogP contribution in [0.2, 0.25) is 0 Å². The summed E-state index contributed by atoms with van der Waals surface area (Å²) in [5, 5.41) is 10.5. The van der Waals surface area contributed by atoms with Gasteiger partial charge in [-0.25, -0.2) is 0 Å². The van der Waals surface area contributed by atoms with Crippen molar-refractivity contribution in [3.63, 3.8) is 0 Å². The molecule has 1 rings (SSSR count). The molecule has 0 unspecified atom stereocenters. The Morgan fingerprint density at radius 3 is 2.83 bits per heavy atom. The summed E-state index contributed by atoms with van der Waals surface area (Å²) in [5.74, 6) is 0.610. The number of thiophene rings is 1. The Morgan fingerprint density at radius 1 is 1.61 bits per heavy atom. The van der Waals surface area contributed by atoms with Crippen molar-refractivity contribution in [2.24, 2.45) is 5.92 Å². The second kappa shape index (κ2) is 7.67. The molecule has 0 aromatic carbocycles. The first-order valence-electron chi connectivity index (χ1n) is 5.90. The van der Waals surface area contributed by atoms with E-state index in [4.69, 9.17) is 5.26 Å². The van der Waals surface area contributed by atoms with E-state index in [9.17, 15) is 4.79 Å². The highest BCUT2D eigenvalue weighted by Crippen LogP contribution is 2.23. The molecule has 5 heteroatoms. The summed E-state index contributed by atoms with van der Waals surface area (Å²) in [6.07, 6.45) is 0.464. The van der Waals surface area contributed by atoms with Gasteiger partial charge in [0.2, 0.25) is 0 Å². The number of hydrogen-bond donors (Lipinski definition) is 0. The molecule has 0 fully saturated rings. The van der Waals surface area contributed by atoms with Crippen molar-refractivity contribution < 1.29 is 4.79 Å². The topological polar surface area (TPSA) is 44.1 Å². The van der Waals surface area contributed by atoms with E-state index in [2.05, 4.69) is 40.7 Å². The molecule has 1 heterocycles. The summed E-state index contributed by atoms with van der Waals surface area (Å²) >= 11 is 4.83. The van der Waals surface area contributed by atoms with Crippen molar-refractivity contribution in [3.05, 3.63) is 20.8 Å². The first kappa shape index (κ1) is 15.4. The van der Waals surface area contributed by atoms with Crippen molar-refractivity contribution in [2.45, 2.75) is 20.3 Å². The van der Waals surface area contributed by atoms with Crippen LogP contribution in [0.4, 0.5) is 0 Å². The Morgan fingerprint density at radius 2 is 2.33 bits per heavy atom. The minimum absolute atomic E-state index is 0.121. The molecule has 1 aromatic heterocycles. The third-order valence-corrected chi connectivity index (χ3v) is 4.28. The molecule has 0 saturated carbocycles. The van der Waals surface area contributed by atoms with Crippen LogP contribution in [0.1, 0.15) is 29.9 Å². The van der Waals surface area contributed by atoms with Crippen molar-refractivity contribution in [2.75, 3.05) is 19.6 Å². The van der Waals surface area contributed by atoms with Crippen LogP contribution in [0.25, 0.3) is 0 Å². The van der Waals surface area contributed by atoms with Crippen molar-refractivity contribution in [1.82, 2.24) is 4.90 Å². The van der Waals surface area contributed by atoms with Gasteiger partial charge in [0.25, 0.3) is 0 Å². The zero-order valence-corrected chi connectivity index (χ0v) is 13.1. The van der Waals surface area contributed by atoms with Crippen LogP contribution in [-0.2, 0) is 0 Å². The van der Waals surface area contributed by atoms with Gasteiger partial charge in [-0.1, -0.05) is 13.8 Å². The number of carbonyl (C=O) groups excluding carboxylic acids is 1. The Kier molecular flexibility index (Phi) is 6.55. The summed E-state index contributed by atoms with van der Waals surface area (Å²) in [7, 11) is 0. The number of halogens is 1. The molecule has 0 amide bonds. The minimum atomic E-state index is 0.121. The number of Topliss-reactive ketones (excluding diaryl/α,β-unsaturated/α-hetero) is 1. The number of ketones is 1. The van der Waals surface area contributed by atoms with Gasteiger partial charge in [0.05, 0.1) is 17.5 Å². The maximum atomic E-state index is 12.1. The van der Waals surface area contributed by atoms with Crippen molar-refractivity contribution in [1.29, 1.82) is 5.26 Å². The lowest BCUT2D eigenvalue weighted by Crippen LogP contribution is -2.33. The van der Waals surface area contributed by atoms with Crippen LogP contribution in [0.3, 0.4) is 0 Å². The van der Waals surface area contributed by atoms with E-state index in [1.807, 2.05) is 11.4 Å². The molecule has 0 saturated heterocycles. The zero-order valence-electron chi connectivity index (χ0n) is 10.6. The van der Waals surface area contributed by atoms with Crippen LogP contribution in [0.15, 0.2) is 15.9 Å². The summed E-state index contributed by atoms with van der Waals surface area (Å²) < 4.78 is 0.863. The van der Waals surface area contributed by atoms with E-state index >= 15 is 0 Å². The molecular formula is C13H17BrN2OS. The Labute approximate surface area is 121 Å². The molecule has 0 radical (unpaired) electrons. The first-order chi connectivity index (χ1) is 8.54. The van der Waals surface area contributed by atoms with Crippen LogP contribution in [0, 0.1) is 17.2 Å². The zero-order chi connectivity index (χ0) is 13.5. The minimum Gasteiger partial charge on any atom is -0.294 e. The van der Waals surface area contributed by atoms with Crippen LogP contribution in [-0.4, -0.2) is 30.3 Å². The van der Waals surface area contributed by atoms with Crippen LogP contribution >= 0.6 is 27.3 Å². The molecule has 1 aromatic rings. The Balaban J connectivity index is 2.62. The lowest BCUT2D eigenvalue weighted by molar-refractivity contribution is 0.0927. The largest absolute Gasteiger partial charge is 0.294 e. The van der Waals surface area contributed by atoms with E-state index in [0.29, 0.717) is 25.4 Å². The predicted molar refractivity (Wildman–Crippen MR) is 77.9 cm³/mol. The number of nitriles is 1. The standard InChI is InChI=1S/C13H17BrN2OS/c1-10(2)8-16(6-3-5-15)9-12(17)13-11(14)4-7-18-13/h4,7,10H,3,6,8-9H2,1-2H3. The van der Waals surface area contributed by atoms with Crippen molar-refractivity contribution >= 4 is 33.0 Å². The van der Waals surface area contributed by atoms with Gasteiger partial charge in [0.15, 0.2) is 5.78 Å². The quantitative estimate of drug-likeness (QED) is 0.719. The molecule has 98 valence electrons. The lowest BCUT2D eigenvalue weighted by atomic mass is 10.2. The van der Waals surface area contributed by atoms with Gasteiger partial charge in [-0.2, -0.15) is 5.26 Å². The molecule has 0 spiro atoms. The van der Waals surface area contributed by atoms with Gasteiger partial charge < -0.3 is 0 Å². The fourth-order valence-corrected chi connectivity index (χ4v) is 3.25. The molecule has 18 heavy (non-hydrogen) atoms. The summed E-state index contributed by atoms with van der Waals surface area (Å²) in [6.45, 7) is 6.12. The molecule has 3 nitrogen and oxygen atoms in total. The third-order valence-electron chi connectivity index (χ3n) is 2.40. The van der Waals surface area contributed by atoms with Crippen molar-refractivity contribution in [3.8, 4) is 6.07 Å². The van der Waals surface area contributed by atoms with Crippen LogP contribution in [0.5, 0.6) is 0 Å². The summed E-state index contributed by atoms with van der Waals surface area (Å²) in [5.41, 5.74) is 0. The van der Waals surface area contributed by atoms with E-state index in [1.165, 1.54) is 11.3 Å². The highest BCUT2D eigenvalue weighted by atomic mass is 79.9. The Bertz CT molecular complexity index is 436. The van der Waals surface area contributed by atoms with Gasteiger partial charge in [-0.05, 0) is 33.3 Å². The van der Waals surface area contributed by atoms with Gasteiger partial charge in [-0.3, -0.25) is 9.69 Å². The highest BCUT2D eigenvalue weighted by Gasteiger charge is 2.16. The molecule has 0 atom stereocenters. The van der Waals surface area contributed by atoms with Gasteiger partial charge in [0, 0.05) is 24.0 Å². The van der Waals surface area contributed by atoms with Gasteiger partial charge in [0.1, 0.15) is 0 Å². The Hall–Kier alpha value is -0.700. The number of hydrogen-bond acceptors (Lipinski definition) is 4. The second-order valence-electron chi connectivity index (χ2n) is 4.56. The number of carbonyl (C=O) groups is 1. The maximum absolute atomic E-state index is 12.1. The SMILES string of the molecule is CC(C)CN(CCC#N)CC(=O)c1sccc1Br. The van der Waals surface area contributed by atoms with E-state index in [0.717, 1.165) is 15.9 Å².